The van der Waals surface area contributed by atoms with Crippen LogP contribution in [0.3, 0.4) is 0 Å². The van der Waals surface area contributed by atoms with E-state index in [0.717, 1.165) is 10.6 Å². The normalized spacial score (nSPS) is 18.1. The molecule has 1 heterocycles. The van der Waals surface area contributed by atoms with E-state index in [9.17, 15) is 16.8 Å². The Labute approximate surface area is 117 Å². The number of anilines is 1. The number of hydrogen-bond donors (Lipinski definition) is 1. The highest BCUT2D eigenvalue weighted by Gasteiger charge is 2.32. The summed E-state index contributed by atoms with van der Waals surface area (Å²) >= 11 is 0. The van der Waals surface area contributed by atoms with Crippen LogP contribution in [0, 0.1) is 0 Å². The molecule has 110 valence electrons. The predicted octanol–water partition coefficient (Wildman–Crippen LogP) is 0.407. The van der Waals surface area contributed by atoms with Crippen molar-refractivity contribution in [2.45, 2.75) is 6.42 Å². The Bertz CT molecular complexity index is 753. The zero-order chi connectivity index (χ0) is 15.0. The predicted molar refractivity (Wildman–Crippen MR) is 75.4 cm³/mol. The van der Waals surface area contributed by atoms with E-state index in [1.807, 2.05) is 0 Å². The van der Waals surface area contributed by atoms with Gasteiger partial charge < -0.3 is 5.21 Å². The second-order valence-corrected chi connectivity index (χ2v) is 8.94. The first-order valence-electron chi connectivity index (χ1n) is 5.73. The molecule has 0 amide bonds. The SMILES string of the molecule is CS(=O)(=O)CS(=O)(=O)N1CC/C(=N/O)c2ccccc21. The third-order valence-electron chi connectivity index (χ3n) is 2.85. The Morgan fingerprint density at radius 2 is 1.90 bits per heavy atom. The van der Waals surface area contributed by atoms with Crippen molar-refractivity contribution >= 4 is 31.3 Å². The van der Waals surface area contributed by atoms with Gasteiger partial charge in [0.2, 0.25) is 10.0 Å². The lowest BCUT2D eigenvalue weighted by Gasteiger charge is -2.30. The molecule has 9 heteroatoms. The van der Waals surface area contributed by atoms with Crippen molar-refractivity contribution < 1.29 is 22.0 Å². The summed E-state index contributed by atoms with van der Waals surface area (Å²) in [5, 5.41) is 11.1. The molecule has 0 aliphatic carbocycles. The first-order valence-corrected chi connectivity index (χ1v) is 9.40. The van der Waals surface area contributed by atoms with Gasteiger partial charge in [-0.25, -0.2) is 16.8 Å². The number of nitrogens with zero attached hydrogens (tertiary/aromatic N) is 2. The van der Waals surface area contributed by atoms with Crippen molar-refractivity contribution in [3.05, 3.63) is 29.8 Å². The van der Waals surface area contributed by atoms with Gasteiger partial charge in [-0.3, -0.25) is 4.31 Å². The van der Waals surface area contributed by atoms with Crippen LogP contribution in [0.1, 0.15) is 12.0 Å². The molecule has 0 fully saturated rings. The zero-order valence-electron chi connectivity index (χ0n) is 10.7. The highest BCUT2D eigenvalue weighted by molar-refractivity contribution is 8.08. The van der Waals surface area contributed by atoms with Crippen LogP contribution in [0.25, 0.3) is 0 Å². The molecule has 0 aromatic heterocycles. The molecule has 1 aromatic carbocycles. The van der Waals surface area contributed by atoms with Gasteiger partial charge in [-0.15, -0.1) is 0 Å². The van der Waals surface area contributed by atoms with E-state index < -0.39 is 24.9 Å². The molecule has 0 spiro atoms. The van der Waals surface area contributed by atoms with Crippen LogP contribution in [0.2, 0.25) is 0 Å². The number of sulfone groups is 1. The summed E-state index contributed by atoms with van der Waals surface area (Å²) in [5.41, 5.74) is 1.19. The maximum atomic E-state index is 12.2. The van der Waals surface area contributed by atoms with E-state index in [4.69, 9.17) is 5.21 Å². The van der Waals surface area contributed by atoms with E-state index in [-0.39, 0.29) is 13.0 Å². The largest absolute Gasteiger partial charge is 0.411 e. The lowest BCUT2D eigenvalue weighted by Crippen LogP contribution is -2.40. The van der Waals surface area contributed by atoms with Gasteiger partial charge in [-0.05, 0) is 6.07 Å². The lowest BCUT2D eigenvalue weighted by molar-refractivity contribution is 0.318. The van der Waals surface area contributed by atoms with Gasteiger partial charge in [-0.1, -0.05) is 23.4 Å². The number of sulfonamides is 1. The fourth-order valence-corrected chi connectivity index (χ4v) is 5.63. The first-order chi connectivity index (χ1) is 9.24. The zero-order valence-corrected chi connectivity index (χ0v) is 12.4. The summed E-state index contributed by atoms with van der Waals surface area (Å²) in [5.74, 6) is 0. The van der Waals surface area contributed by atoms with Crippen molar-refractivity contribution in [2.24, 2.45) is 5.16 Å². The van der Waals surface area contributed by atoms with Gasteiger partial charge in [-0.2, -0.15) is 0 Å². The molecule has 0 saturated heterocycles. The number of oxime groups is 1. The molecule has 0 radical (unpaired) electrons. The highest BCUT2D eigenvalue weighted by atomic mass is 32.3. The number of fused-ring (bicyclic) bond motifs is 1. The van der Waals surface area contributed by atoms with Crippen LogP contribution in [0.4, 0.5) is 5.69 Å². The summed E-state index contributed by atoms with van der Waals surface area (Å²) in [6.45, 7) is 0.0499. The average molecular weight is 318 g/mol. The standard InChI is InChI=1S/C11H14N2O5S2/c1-19(15,16)8-20(17,18)13-7-6-10(12-14)9-4-2-3-5-11(9)13/h2-5,14H,6-8H2,1H3/b12-10-. The maximum absolute atomic E-state index is 12.2. The van der Waals surface area contributed by atoms with E-state index in [0.29, 0.717) is 17.0 Å². The molecule has 1 aromatic rings. The van der Waals surface area contributed by atoms with E-state index in [1.165, 1.54) is 0 Å². The molecule has 20 heavy (non-hydrogen) atoms. The van der Waals surface area contributed by atoms with Crippen LogP contribution in [-0.2, 0) is 19.9 Å². The smallest absolute Gasteiger partial charge is 0.249 e. The molecule has 7 nitrogen and oxygen atoms in total. The van der Waals surface area contributed by atoms with Crippen LogP contribution in [0.15, 0.2) is 29.4 Å². The Morgan fingerprint density at radius 3 is 2.50 bits per heavy atom. The summed E-state index contributed by atoms with van der Waals surface area (Å²) < 4.78 is 48.0. The van der Waals surface area contributed by atoms with Crippen molar-refractivity contribution in [2.75, 3.05) is 22.2 Å². The number of benzene rings is 1. The minimum Gasteiger partial charge on any atom is -0.411 e. The van der Waals surface area contributed by atoms with Gasteiger partial charge >= 0.3 is 0 Å². The first kappa shape index (κ1) is 14.8. The fraction of sp³-hybridized carbons (Fsp3) is 0.364. The molecule has 1 N–H and O–H groups in total. The van der Waals surface area contributed by atoms with E-state index >= 15 is 0 Å². The Morgan fingerprint density at radius 1 is 1.25 bits per heavy atom. The molecular formula is C11H14N2O5S2. The number of hydrogen-bond acceptors (Lipinski definition) is 6. The van der Waals surface area contributed by atoms with Gasteiger partial charge in [0, 0.05) is 24.8 Å². The van der Waals surface area contributed by atoms with Crippen LogP contribution < -0.4 is 4.31 Å². The van der Waals surface area contributed by atoms with Crippen molar-refractivity contribution in [3.8, 4) is 0 Å². The molecule has 1 aliphatic rings. The van der Waals surface area contributed by atoms with Crippen LogP contribution in [0.5, 0.6) is 0 Å². The third-order valence-corrected chi connectivity index (χ3v) is 6.81. The molecule has 0 saturated carbocycles. The molecule has 0 unspecified atom stereocenters. The van der Waals surface area contributed by atoms with Crippen LogP contribution in [-0.4, -0.2) is 45.6 Å². The van der Waals surface area contributed by atoms with Gasteiger partial charge in [0.05, 0.1) is 11.4 Å². The second-order valence-electron chi connectivity index (χ2n) is 4.54. The molecular weight excluding hydrogens is 304 g/mol. The number of rotatable bonds is 3. The van der Waals surface area contributed by atoms with E-state index in [2.05, 4.69) is 5.16 Å². The average Bonchev–Trinajstić information content (AvgIpc) is 2.34. The van der Waals surface area contributed by atoms with Crippen molar-refractivity contribution in [1.29, 1.82) is 0 Å². The van der Waals surface area contributed by atoms with Crippen LogP contribution >= 0.6 is 0 Å². The maximum Gasteiger partial charge on any atom is 0.249 e. The fourth-order valence-electron chi connectivity index (χ4n) is 2.12. The number of para-hydroxylation sites is 1. The van der Waals surface area contributed by atoms with Gasteiger partial charge in [0.1, 0.15) is 0 Å². The lowest BCUT2D eigenvalue weighted by atomic mass is 10.0. The Balaban J connectivity index is 2.51. The topological polar surface area (TPSA) is 104 Å². The minimum atomic E-state index is -3.98. The van der Waals surface area contributed by atoms with Crippen molar-refractivity contribution in [3.63, 3.8) is 0 Å². The van der Waals surface area contributed by atoms with Gasteiger partial charge in [0.15, 0.2) is 14.9 Å². The summed E-state index contributed by atoms with van der Waals surface area (Å²) in [7, 11) is -7.64. The Hall–Kier alpha value is -1.61. The molecule has 0 bridgehead atoms. The quantitative estimate of drug-likeness (QED) is 0.642. The summed E-state index contributed by atoms with van der Waals surface area (Å²) in [6.07, 6.45) is 1.09. The highest BCUT2D eigenvalue weighted by Crippen LogP contribution is 2.29. The summed E-state index contributed by atoms with van der Waals surface area (Å²) in [6, 6.07) is 6.52. The van der Waals surface area contributed by atoms with E-state index in [1.54, 1.807) is 24.3 Å². The molecule has 2 rings (SSSR count). The summed E-state index contributed by atoms with van der Waals surface area (Å²) in [4.78, 5) is 0. The van der Waals surface area contributed by atoms with Gasteiger partial charge in [0.25, 0.3) is 0 Å². The third kappa shape index (κ3) is 2.93. The monoisotopic (exact) mass is 318 g/mol. The van der Waals surface area contributed by atoms with Crippen molar-refractivity contribution in [1.82, 2.24) is 0 Å². The second kappa shape index (κ2) is 5.06. The minimum absolute atomic E-state index is 0.0499. The Kier molecular flexibility index (Phi) is 3.74. The molecule has 0 atom stereocenters. The molecule has 1 aliphatic heterocycles.